The molecule has 6 rings (SSSR count). The molecule has 3 N–H and O–H groups in total. The molecule has 3 fully saturated rings. The van der Waals surface area contributed by atoms with Gasteiger partial charge in [-0.05, 0) is 63.5 Å². The molecule has 4 aliphatic rings. The van der Waals surface area contributed by atoms with Crippen LogP contribution in [0.15, 0.2) is 71.8 Å². The van der Waals surface area contributed by atoms with Crippen molar-refractivity contribution in [3.63, 3.8) is 0 Å². The number of benzene rings is 2. The zero-order valence-electron chi connectivity index (χ0n) is 35.8. The smallest absolute Gasteiger partial charge is 0.408 e. The Morgan fingerprint density at radius 3 is 2.08 bits per heavy atom. The maximum absolute atomic E-state index is 15.5. The molecular weight excluding hydrogens is 778 g/mol. The van der Waals surface area contributed by atoms with E-state index >= 15 is 4.79 Å². The van der Waals surface area contributed by atoms with E-state index in [2.05, 4.69) is 5.32 Å². The Bertz CT molecular complexity index is 2010. The molecule has 1 heterocycles. The number of ether oxygens (including phenoxy) is 7. The average Bonchev–Trinajstić information content (AvgIpc) is 3.18. The molecule has 15 nitrogen and oxygen atoms in total. The number of alkyl carbamates (subject to hydrolysis) is 1. The number of rotatable bonds is 10. The summed E-state index contributed by atoms with van der Waals surface area (Å²) < 4.78 is 42.4. The number of ketones is 1. The number of carbonyl (C=O) groups excluding carboxylic acids is 5. The molecule has 2 aromatic rings. The molecule has 1 aliphatic heterocycles. The molecule has 0 spiro atoms. The number of hydrogen-bond donors (Lipinski definition) is 3. The first-order chi connectivity index (χ1) is 28.1. The van der Waals surface area contributed by atoms with Crippen molar-refractivity contribution >= 4 is 29.8 Å². The van der Waals surface area contributed by atoms with Crippen LogP contribution in [0.3, 0.4) is 0 Å². The Balaban J connectivity index is 1.52. The number of nitrogens with one attached hydrogen (secondary N) is 1. The highest BCUT2D eigenvalue weighted by Crippen LogP contribution is 2.64. The number of Topliss-reactive ketones (excluding diaryl/α,β-unsaturated/α-hetero) is 1. The minimum Gasteiger partial charge on any atom is -0.456 e. The molecular formula is C45H57NO14. The van der Waals surface area contributed by atoms with Crippen LogP contribution < -0.4 is 5.32 Å². The van der Waals surface area contributed by atoms with Gasteiger partial charge in [-0.25, -0.2) is 14.4 Å². The molecule has 2 bridgehead atoms. The third kappa shape index (κ3) is 7.52. The summed E-state index contributed by atoms with van der Waals surface area (Å²) >= 11 is 0. The van der Waals surface area contributed by atoms with E-state index in [1.165, 1.54) is 21.1 Å². The number of aliphatic hydroxyl groups is 2. The fraction of sp³-hybridized carbons (Fsp3) is 0.578. The Kier molecular flexibility index (Phi) is 12.2. The molecule has 15 heteroatoms. The van der Waals surface area contributed by atoms with Crippen LogP contribution in [0.1, 0.15) is 90.2 Å². The van der Waals surface area contributed by atoms with E-state index in [0.29, 0.717) is 11.1 Å². The zero-order chi connectivity index (χ0) is 44.2. The van der Waals surface area contributed by atoms with Crippen LogP contribution in [-0.4, -0.2) is 114 Å². The SMILES string of the molecule is CO[C@H]1C(=O)[C@]2(C)[C@@H](OC)C[C@H]3OC[C@@]3(OC(C)=O)[C@H]2[C@@H](OC(=O)c2ccccc2)[C@]2(O)C[C@H](OC(=O)[C@H](O)[C@@H](NC(=O)OC(C)(C)C)c3ccccc3)C(C)=C1C2(C)C. The number of aliphatic hydroxyl groups excluding tert-OH is 1. The van der Waals surface area contributed by atoms with Crippen LogP contribution in [-0.2, 0) is 47.5 Å². The third-order valence-electron chi connectivity index (χ3n) is 13.0. The minimum atomic E-state index is -2.22. The van der Waals surface area contributed by atoms with Crippen molar-refractivity contribution in [1.82, 2.24) is 5.32 Å². The Hall–Kier alpha value is -4.67. The van der Waals surface area contributed by atoms with Gasteiger partial charge in [0, 0.05) is 39.4 Å². The van der Waals surface area contributed by atoms with E-state index in [4.69, 9.17) is 33.2 Å². The maximum Gasteiger partial charge on any atom is 0.408 e. The molecule has 0 unspecified atom stereocenters. The quantitative estimate of drug-likeness (QED) is 0.171. The summed E-state index contributed by atoms with van der Waals surface area (Å²) in [6.45, 7) is 12.7. The molecule has 0 aromatic heterocycles. The van der Waals surface area contributed by atoms with E-state index in [-0.39, 0.29) is 24.2 Å². The largest absolute Gasteiger partial charge is 0.456 e. The van der Waals surface area contributed by atoms with Crippen molar-refractivity contribution in [3.8, 4) is 0 Å². The molecule has 0 radical (unpaired) electrons. The fourth-order valence-corrected chi connectivity index (χ4v) is 10.1. The van der Waals surface area contributed by atoms with Crippen molar-refractivity contribution in [1.29, 1.82) is 0 Å². The molecule has 1 amide bonds. The summed E-state index contributed by atoms with van der Waals surface area (Å²) in [4.78, 5) is 70.1. The summed E-state index contributed by atoms with van der Waals surface area (Å²) in [5.74, 6) is -4.52. The summed E-state index contributed by atoms with van der Waals surface area (Å²) in [6.07, 6.45) is -9.31. The summed E-state index contributed by atoms with van der Waals surface area (Å²) in [7, 11) is 2.78. The van der Waals surface area contributed by atoms with E-state index in [9.17, 15) is 29.4 Å². The van der Waals surface area contributed by atoms with Gasteiger partial charge in [0.05, 0.1) is 35.6 Å². The number of hydrogen-bond acceptors (Lipinski definition) is 14. The van der Waals surface area contributed by atoms with Gasteiger partial charge in [0.15, 0.2) is 17.5 Å². The topological polar surface area (TPSA) is 202 Å². The lowest BCUT2D eigenvalue weighted by atomic mass is 9.44. The molecule has 60 heavy (non-hydrogen) atoms. The number of carbonyl (C=O) groups is 5. The Morgan fingerprint density at radius 2 is 1.55 bits per heavy atom. The molecule has 1 saturated heterocycles. The average molecular weight is 836 g/mol. The molecule has 11 atom stereocenters. The number of amides is 1. The standard InChI is InChI=1S/C45H57NO14/c1-24-28(57-39(51)33(48)32(26-17-13-11-14-18-26)46-40(52)60-41(3,4)5)22-45(53)37(58-38(50)27-19-15-12-16-20-27)35-43(8,36(49)34(55-10)31(24)42(45,6)7)29(54-9)21-30-44(35,23-56-30)59-25(2)47/h11-20,28-30,32-35,37,48,53H,21-23H2,1-10H3,(H,46,52)/t28-,29-,30+,32-,33+,34+,35-,37+,43+,44-,45+/m0/s1. The molecule has 3 aliphatic carbocycles. The predicted octanol–water partition coefficient (Wildman–Crippen LogP) is 4.57. The number of methoxy groups -OCH3 is 2. The normalized spacial score (nSPS) is 33.0. The lowest BCUT2D eigenvalue weighted by molar-refractivity contribution is -0.347. The van der Waals surface area contributed by atoms with Crippen molar-refractivity contribution in [2.75, 3.05) is 20.8 Å². The highest BCUT2D eigenvalue weighted by Gasteiger charge is 2.78. The monoisotopic (exact) mass is 835 g/mol. The van der Waals surface area contributed by atoms with Crippen LogP contribution in [0.4, 0.5) is 4.79 Å². The van der Waals surface area contributed by atoms with Gasteiger partial charge in [-0.15, -0.1) is 0 Å². The lowest BCUT2D eigenvalue weighted by Gasteiger charge is -2.67. The fourth-order valence-electron chi connectivity index (χ4n) is 10.1. The lowest BCUT2D eigenvalue weighted by Crippen LogP contribution is -2.82. The Morgan fingerprint density at radius 1 is 0.933 bits per heavy atom. The maximum atomic E-state index is 15.5. The summed E-state index contributed by atoms with van der Waals surface area (Å²) in [5.41, 5.74) is -6.72. The van der Waals surface area contributed by atoms with Crippen LogP contribution >= 0.6 is 0 Å². The van der Waals surface area contributed by atoms with Crippen LogP contribution in [0.5, 0.6) is 0 Å². The van der Waals surface area contributed by atoms with Gasteiger partial charge < -0.3 is 48.7 Å². The number of fused-ring (bicyclic) bond motifs is 5. The van der Waals surface area contributed by atoms with Gasteiger partial charge in [0.1, 0.15) is 35.6 Å². The van der Waals surface area contributed by atoms with Crippen LogP contribution in [0.2, 0.25) is 0 Å². The van der Waals surface area contributed by atoms with E-state index in [1.807, 2.05) is 0 Å². The van der Waals surface area contributed by atoms with Gasteiger partial charge in [-0.1, -0.05) is 62.4 Å². The Labute approximate surface area is 350 Å². The molecule has 2 aromatic carbocycles. The van der Waals surface area contributed by atoms with Gasteiger partial charge in [-0.2, -0.15) is 0 Å². The van der Waals surface area contributed by atoms with Crippen LogP contribution in [0, 0.1) is 16.7 Å². The van der Waals surface area contributed by atoms with Crippen molar-refractivity contribution < 1.29 is 67.3 Å². The van der Waals surface area contributed by atoms with Crippen LogP contribution in [0.25, 0.3) is 0 Å². The van der Waals surface area contributed by atoms with Crippen molar-refractivity contribution in [2.45, 2.75) is 128 Å². The second kappa shape index (κ2) is 16.3. The van der Waals surface area contributed by atoms with Gasteiger partial charge in [0.2, 0.25) is 0 Å². The second-order valence-corrected chi connectivity index (χ2v) is 18.0. The van der Waals surface area contributed by atoms with E-state index < -0.39 is 112 Å². The van der Waals surface area contributed by atoms with Gasteiger partial charge in [-0.3, -0.25) is 9.59 Å². The number of esters is 3. The van der Waals surface area contributed by atoms with Crippen molar-refractivity contribution in [2.24, 2.45) is 16.7 Å². The highest BCUT2D eigenvalue weighted by atomic mass is 16.6. The minimum absolute atomic E-state index is 0.121. The zero-order valence-corrected chi connectivity index (χ0v) is 35.8. The van der Waals surface area contributed by atoms with Crippen molar-refractivity contribution in [3.05, 3.63) is 82.9 Å². The third-order valence-corrected chi connectivity index (χ3v) is 13.0. The van der Waals surface area contributed by atoms with Gasteiger partial charge >= 0.3 is 24.0 Å². The predicted molar refractivity (Wildman–Crippen MR) is 213 cm³/mol. The summed E-state index contributed by atoms with van der Waals surface area (Å²) in [5, 5.41) is 28.0. The first-order valence-electron chi connectivity index (χ1n) is 20.1. The van der Waals surface area contributed by atoms with E-state index in [0.717, 1.165) is 0 Å². The van der Waals surface area contributed by atoms with E-state index in [1.54, 1.807) is 109 Å². The summed E-state index contributed by atoms with van der Waals surface area (Å²) in [6, 6.07) is 15.1. The first-order valence-corrected chi connectivity index (χ1v) is 20.1. The second-order valence-electron chi connectivity index (χ2n) is 18.0. The first kappa shape index (κ1) is 44.9. The highest BCUT2D eigenvalue weighted by molar-refractivity contribution is 5.94. The molecule has 326 valence electrons. The molecule has 2 saturated carbocycles. The van der Waals surface area contributed by atoms with Gasteiger partial charge in [0.25, 0.3) is 0 Å².